The van der Waals surface area contributed by atoms with Gasteiger partial charge in [-0.05, 0) is 19.9 Å². The molecule has 2 aromatic heterocycles. The van der Waals surface area contributed by atoms with E-state index in [-0.39, 0.29) is 4.91 Å². The van der Waals surface area contributed by atoms with Crippen molar-refractivity contribution in [1.82, 2.24) is 9.97 Å². The van der Waals surface area contributed by atoms with Crippen LogP contribution in [-0.4, -0.2) is 18.4 Å². The molecule has 7 heteroatoms. The molecule has 35 heavy (non-hydrogen) atoms. The second kappa shape index (κ2) is 8.37. The van der Waals surface area contributed by atoms with E-state index in [1.165, 1.54) is 11.3 Å². The fourth-order valence-corrected chi connectivity index (χ4v) is 8.18. The molecular weight excluding hydrogens is 493 g/mol. The Morgan fingerprint density at radius 3 is 1.71 bits per heavy atom. The first-order valence-corrected chi connectivity index (χ1v) is 14.2. The fourth-order valence-electron chi connectivity index (χ4n) is 4.40. The first-order chi connectivity index (χ1) is 16.9. The number of hydrogen-bond donors (Lipinski definition) is 0. The number of hydrogen-bond acceptors (Lipinski definition) is 6. The van der Waals surface area contributed by atoms with Crippen LogP contribution in [0.2, 0.25) is 0 Å². The lowest BCUT2D eigenvalue weighted by Crippen LogP contribution is -2.02. The third-order valence-electron chi connectivity index (χ3n) is 6.03. The lowest BCUT2D eigenvalue weighted by molar-refractivity contribution is 0.606. The summed E-state index contributed by atoms with van der Waals surface area (Å²) in [5.41, 5.74) is 4.52. The predicted octanol–water partition coefficient (Wildman–Crippen LogP) is 7.25. The maximum Gasteiger partial charge on any atom is 0.210 e. The van der Waals surface area contributed by atoms with Crippen LogP contribution in [0, 0.1) is 13.8 Å². The molecule has 1 aliphatic heterocycles. The molecule has 0 radical (unpaired) electrons. The van der Waals surface area contributed by atoms with Gasteiger partial charge in [-0.3, -0.25) is 0 Å². The monoisotopic (exact) mass is 512 g/mol. The highest BCUT2D eigenvalue weighted by Gasteiger charge is 2.40. The Morgan fingerprint density at radius 1 is 0.629 bits per heavy atom. The fraction of sp³-hybridized carbons (Fsp3) is 0.0714. The van der Waals surface area contributed by atoms with E-state index in [2.05, 4.69) is 0 Å². The van der Waals surface area contributed by atoms with Crippen LogP contribution in [-0.2, 0) is 9.84 Å². The number of nitrogens with zero attached hydrogens (tertiary/aromatic N) is 2. The van der Waals surface area contributed by atoms with Crippen LogP contribution in [0.25, 0.3) is 31.6 Å². The average Bonchev–Trinajstić information content (AvgIpc) is 3.52. The van der Waals surface area contributed by atoms with Crippen molar-refractivity contribution in [2.24, 2.45) is 0 Å². The van der Waals surface area contributed by atoms with Gasteiger partial charge >= 0.3 is 0 Å². The Balaban J connectivity index is 1.63. The highest BCUT2D eigenvalue weighted by atomic mass is 32.2. The molecular formula is C28H20N2O2S3. The molecule has 0 spiro atoms. The minimum Gasteiger partial charge on any atom is -0.236 e. The molecule has 0 N–H and O–H groups in total. The molecule has 0 amide bonds. The zero-order valence-electron chi connectivity index (χ0n) is 19.0. The summed E-state index contributed by atoms with van der Waals surface area (Å²) in [4.78, 5) is 12.2. The number of fused-ring (bicyclic) bond motifs is 1. The van der Waals surface area contributed by atoms with E-state index in [0.717, 1.165) is 30.9 Å². The summed E-state index contributed by atoms with van der Waals surface area (Å²) in [6, 6.07) is 27.0. The Hall–Kier alpha value is -3.39. The number of rotatable bonds is 4. The van der Waals surface area contributed by atoms with Crippen LogP contribution in [0.1, 0.15) is 26.7 Å². The van der Waals surface area contributed by atoms with Crippen LogP contribution in [0.5, 0.6) is 0 Å². The van der Waals surface area contributed by atoms with Crippen LogP contribution in [0.15, 0.2) is 89.8 Å². The number of aryl methyl sites for hydroxylation is 2. The molecule has 0 atom stereocenters. The molecule has 5 aromatic rings. The van der Waals surface area contributed by atoms with Gasteiger partial charge in [0.25, 0.3) is 0 Å². The molecule has 0 bridgehead atoms. The molecule has 0 unspecified atom stereocenters. The van der Waals surface area contributed by atoms with Crippen LogP contribution in [0.3, 0.4) is 0 Å². The molecule has 6 rings (SSSR count). The van der Waals surface area contributed by atoms with Gasteiger partial charge in [0, 0.05) is 32.0 Å². The third kappa shape index (κ3) is 3.58. The molecule has 3 heterocycles. The van der Waals surface area contributed by atoms with Crippen molar-refractivity contribution < 1.29 is 8.42 Å². The Morgan fingerprint density at radius 2 is 1.11 bits per heavy atom. The SMILES string of the molecule is Cc1sc(-c2ccccc2)nc1C1=C(c2nc(-c3ccccc3)sc2C)S(=O)(=O)c2ccccc21. The van der Waals surface area contributed by atoms with Crippen LogP contribution in [0.4, 0.5) is 0 Å². The number of aromatic nitrogens is 2. The molecule has 4 nitrogen and oxygen atoms in total. The van der Waals surface area contributed by atoms with Gasteiger partial charge in [-0.1, -0.05) is 78.9 Å². The normalized spacial score (nSPS) is 14.3. The zero-order valence-corrected chi connectivity index (χ0v) is 21.5. The van der Waals surface area contributed by atoms with Gasteiger partial charge in [0.15, 0.2) is 0 Å². The topological polar surface area (TPSA) is 59.9 Å². The molecule has 0 saturated heterocycles. The minimum atomic E-state index is -3.77. The summed E-state index contributed by atoms with van der Waals surface area (Å²) >= 11 is 3.08. The number of benzene rings is 3. The summed E-state index contributed by atoms with van der Waals surface area (Å²) in [6.07, 6.45) is 0. The van der Waals surface area contributed by atoms with Gasteiger partial charge in [0.2, 0.25) is 9.84 Å². The standard InChI is InChI=1S/C28H20N2O2S3/c1-17-24(29-27(33-17)19-11-5-3-6-12-19)23-21-15-9-10-16-22(21)35(31,32)26(23)25-18(2)34-28(30-25)20-13-7-4-8-14-20/h3-16H,1-2H3. The van der Waals surface area contributed by atoms with E-state index in [1.54, 1.807) is 23.5 Å². The minimum absolute atomic E-state index is 0.252. The highest BCUT2D eigenvalue weighted by Crippen LogP contribution is 2.50. The lowest BCUT2D eigenvalue weighted by atomic mass is 10.0. The van der Waals surface area contributed by atoms with Crippen molar-refractivity contribution in [2.45, 2.75) is 18.7 Å². The first kappa shape index (κ1) is 22.1. The van der Waals surface area contributed by atoms with Crippen molar-refractivity contribution in [1.29, 1.82) is 0 Å². The van der Waals surface area contributed by atoms with Crippen molar-refractivity contribution in [3.63, 3.8) is 0 Å². The van der Waals surface area contributed by atoms with Crippen molar-refractivity contribution in [3.05, 3.63) is 112 Å². The van der Waals surface area contributed by atoms with E-state index in [9.17, 15) is 8.42 Å². The molecule has 3 aromatic carbocycles. The van der Waals surface area contributed by atoms with Gasteiger partial charge in [-0.2, -0.15) is 0 Å². The second-order valence-corrected chi connectivity index (χ2v) is 12.5. The van der Waals surface area contributed by atoms with E-state index in [1.807, 2.05) is 86.6 Å². The largest absolute Gasteiger partial charge is 0.236 e. The molecule has 172 valence electrons. The summed E-state index contributed by atoms with van der Waals surface area (Å²) in [6.45, 7) is 3.94. The first-order valence-electron chi connectivity index (χ1n) is 11.1. The third-order valence-corrected chi connectivity index (χ3v) is 9.94. The lowest BCUT2D eigenvalue weighted by Gasteiger charge is -2.06. The highest BCUT2D eigenvalue weighted by molar-refractivity contribution is 8.01. The van der Waals surface area contributed by atoms with Crippen molar-refractivity contribution >= 4 is 43.0 Å². The average molecular weight is 513 g/mol. The number of thiazole rings is 2. The summed E-state index contributed by atoms with van der Waals surface area (Å²) in [5.74, 6) is 0. The molecule has 0 aliphatic carbocycles. The summed E-state index contributed by atoms with van der Waals surface area (Å²) in [7, 11) is -3.77. The van der Waals surface area contributed by atoms with Gasteiger partial charge in [0.1, 0.15) is 14.9 Å². The van der Waals surface area contributed by atoms with Crippen molar-refractivity contribution in [2.75, 3.05) is 0 Å². The summed E-state index contributed by atoms with van der Waals surface area (Å²) in [5, 5.41) is 1.67. The van der Waals surface area contributed by atoms with Gasteiger partial charge < -0.3 is 0 Å². The van der Waals surface area contributed by atoms with E-state index >= 15 is 0 Å². The smallest absolute Gasteiger partial charge is 0.210 e. The summed E-state index contributed by atoms with van der Waals surface area (Å²) < 4.78 is 27.9. The van der Waals surface area contributed by atoms with Crippen molar-refractivity contribution in [3.8, 4) is 21.1 Å². The molecule has 0 fully saturated rings. The maximum absolute atomic E-state index is 13.9. The molecule has 0 saturated carbocycles. The Labute approximate surface area is 212 Å². The van der Waals surface area contributed by atoms with Gasteiger partial charge in [-0.25, -0.2) is 18.4 Å². The van der Waals surface area contributed by atoms with Crippen LogP contribution >= 0.6 is 22.7 Å². The van der Waals surface area contributed by atoms with Crippen LogP contribution < -0.4 is 0 Å². The molecule has 1 aliphatic rings. The maximum atomic E-state index is 13.9. The Bertz CT molecular complexity index is 1710. The van der Waals surface area contributed by atoms with Gasteiger partial charge in [0.05, 0.1) is 16.3 Å². The Kier molecular flexibility index (Phi) is 5.29. The quantitative estimate of drug-likeness (QED) is 0.254. The van der Waals surface area contributed by atoms with E-state index in [4.69, 9.17) is 9.97 Å². The van der Waals surface area contributed by atoms with E-state index in [0.29, 0.717) is 27.4 Å². The van der Waals surface area contributed by atoms with E-state index < -0.39 is 9.84 Å². The zero-order chi connectivity index (χ0) is 24.2. The van der Waals surface area contributed by atoms with Gasteiger partial charge in [-0.15, -0.1) is 22.7 Å². The second-order valence-electron chi connectivity index (χ2n) is 8.28. The number of sulfone groups is 1. The predicted molar refractivity (Wildman–Crippen MR) is 144 cm³/mol.